The van der Waals surface area contributed by atoms with Crippen molar-refractivity contribution in [3.8, 4) is 11.8 Å². The molecular formula is C27H23N5O2S2. The van der Waals surface area contributed by atoms with Crippen LogP contribution in [-0.2, 0) is 11.3 Å². The standard InChI is InChI=1S/C27H23N5O2S2/c1-3-29-20-12-11-17(15-28)14-21(20)30-27-32(16-18-7-6-8-19(33)13-18)25(34)24(36-27)26-31(2)22-9-4-5-10-23(22)35-26/h4-14,29,33H,3,16H2,1-2H3. The molecule has 7 nitrogen and oxygen atoms in total. The van der Waals surface area contributed by atoms with Crippen molar-refractivity contribution >= 4 is 51.7 Å². The van der Waals surface area contributed by atoms with Crippen molar-refractivity contribution in [1.29, 1.82) is 5.26 Å². The van der Waals surface area contributed by atoms with E-state index in [1.54, 1.807) is 47.0 Å². The number of nitriles is 1. The first-order chi connectivity index (χ1) is 17.5. The van der Waals surface area contributed by atoms with E-state index in [4.69, 9.17) is 4.99 Å². The fourth-order valence-corrected chi connectivity index (χ4v) is 6.37. The van der Waals surface area contributed by atoms with Crippen molar-refractivity contribution in [3.63, 3.8) is 0 Å². The highest BCUT2D eigenvalue weighted by Crippen LogP contribution is 2.50. The van der Waals surface area contributed by atoms with Crippen molar-refractivity contribution in [2.24, 2.45) is 4.99 Å². The molecule has 2 aliphatic heterocycles. The second-order valence-electron chi connectivity index (χ2n) is 8.19. The number of nitrogens with one attached hydrogen (secondary N) is 1. The number of thioether (sulfide) groups is 2. The van der Waals surface area contributed by atoms with Crippen LogP contribution in [0.15, 0.2) is 86.6 Å². The molecule has 0 saturated carbocycles. The Morgan fingerprint density at radius 2 is 1.92 bits per heavy atom. The molecule has 2 N–H and O–H groups in total. The van der Waals surface area contributed by atoms with Gasteiger partial charge in [0.05, 0.1) is 40.3 Å². The molecule has 180 valence electrons. The van der Waals surface area contributed by atoms with Crippen molar-refractivity contribution in [3.05, 3.63) is 87.8 Å². The maximum atomic E-state index is 13.8. The fraction of sp³-hybridized carbons (Fsp3) is 0.148. The summed E-state index contributed by atoms with van der Waals surface area (Å²) in [6, 6.07) is 22.4. The fourth-order valence-electron chi connectivity index (χ4n) is 4.03. The first-order valence-corrected chi connectivity index (χ1v) is 13.0. The van der Waals surface area contributed by atoms with Crippen LogP contribution < -0.4 is 10.2 Å². The molecule has 0 bridgehead atoms. The van der Waals surface area contributed by atoms with Gasteiger partial charge in [-0.25, -0.2) is 4.99 Å². The number of rotatable bonds is 5. The number of hydrogen-bond acceptors (Lipinski definition) is 8. The summed E-state index contributed by atoms with van der Waals surface area (Å²) < 4.78 is 0. The van der Waals surface area contributed by atoms with Crippen LogP contribution in [0.25, 0.3) is 0 Å². The van der Waals surface area contributed by atoms with Gasteiger partial charge in [-0.1, -0.05) is 36.0 Å². The van der Waals surface area contributed by atoms with E-state index in [0.717, 1.165) is 26.9 Å². The van der Waals surface area contributed by atoms with Gasteiger partial charge in [-0.15, -0.1) is 0 Å². The number of carbonyl (C=O) groups excluding carboxylic acids is 1. The molecule has 9 heteroatoms. The Morgan fingerprint density at radius 1 is 1.08 bits per heavy atom. The number of hydrogen-bond donors (Lipinski definition) is 2. The predicted octanol–water partition coefficient (Wildman–Crippen LogP) is 5.87. The van der Waals surface area contributed by atoms with Crippen molar-refractivity contribution in [1.82, 2.24) is 4.90 Å². The smallest absolute Gasteiger partial charge is 0.269 e. The summed E-state index contributed by atoms with van der Waals surface area (Å²) in [6.45, 7) is 2.94. The molecule has 5 rings (SSSR count). The van der Waals surface area contributed by atoms with E-state index in [1.165, 1.54) is 11.8 Å². The van der Waals surface area contributed by atoms with Crippen LogP contribution in [0, 0.1) is 11.3 Å². The number of benzene rings is 3. The lowest BCUT2D eigenvalue weighted by Gasteiger charge is -2.17. The number of amidine groups is 1. The minimum atomic E-state index is -0.148. The van der Waals surface area contributed by atoms with E-state index >= 15 is 0 Å². The van der Waals surface area contributed by atoms with Crippen LogP contribution in [0.1, 0.15) is 18.1 Å². The summed E-state index contributed by atoms with van der Waals surface area (Å²) in [5, 5.41) is 24.1. The molecule has 3 aromatic carbocycles. The van der Waals surface area contributed by atoms with E-state index < -0.39 is 0 Å². The topological polar surface area (TPSA) is 92.0 Å². The Morgan fingerprint density at radius 3 is 2.67 bits per heavy atom. The normalized spacial score (nSPS) is 18.0. The summed E-state index contributed by atoms with van der Waals surface area (Å²) in [4.78, 5) is 24.0. The van der Waals surface area contributed by atoms with Gasteiger partial charge in [-0.2, -0.15) is 5.26 Å². The van der Waals surface area contributed by atoms with Gasteiger partial charge in [-0.3, -0.25) is 9.69 Å². The first kappa shape index (κ1) is 23.9. The molecule has 1 saturated heterocycles. The first-order valence-electron chi connectivity index (χ1n) is 11.4. The second kappa shape index (κ2) is 10.0. The van der Waals surface area contributed by atoms with Crippen molar-refractivity contribution in [2.45, 2.75) is 18.4 Å². The zero-order valence-corrected chi connectivity index (χ0v) is 21.4. The van der Waals surface area contributed by atoms with E-state index in [2.05, 4.69) is 11.4 Å². The van der Waals surface area contributed by atoms with E-state index in [9.17, 15) is 15.2 Å². The Bertz CT molecular complexity index is 1460. The van der Waals surface area contributed by atoms with Gasteiger partial charge in [0.2, 0.25) is 0 Å². The maximum Gasteiger partial charge on any atom is 0.269 e. The number of para-hydroxylation sites is 1. The van der Waals surface area contributed by atoms with Gasteiger partial charge in [0.15, 0.2) is 5.17 Å². The van der Waals surface area contributed by atoms with Crippen LogP contribution >= 0.6 is 23.5 Å². The highest BCUT2D eigenvalue weighted by molar-refractivity contribution is 8.19. The molecule has 1 amide bonds. The molecule has 36 heavy (non-hydrogen) atoms. The summed E-state index contributed by atoms with van der Waals surface area (Å²) >= 11 is 2.90. The lowest BCUT2D eigenvalue weighted by atomic mass is 10.2. The summed E-state index contributed by atoms with van der Waals surface area (Å²) in [6.07, 6.45) is 0. The predicted molar refractivity (Wildman–Crippen MR) is 146 cm³/mol. The number of carbonyl (C=O) groups is 1. The minimum Gasteiger partial charge on any atom is -0.508 e. The SMILES string of the molecule is CCNc1ccc(C#N)cc1N=C1SC(=C2Sc3ccccc3N2C)C(=O)N1Cc1cccc(O)c1. The average Bonchev–Trinajstić information content (AvgIpc) is 3.37. The maximum absolute atomic E-state index is 13.8. The Balaban J connectivity index is 1.60. The van der Waals surface area contributed by atoms with E-state index in [1.807, 2.05) is 55.3 Å². The molecule has 2 aliphatic rings. The molecular weight excluding hydrogens is 490 g/mol. The van der Waals surface area contributed by atoms with Crippen molar-refractivity contribution in [2.75, 3.05) is 23.8 Å². The number of amides is 1. The quantitative estimate of drug-likeness (QED) is 0.412. The van der Waals surface area contributed by atoms with Gasteiger partial charge < -0.3 is 15.3 Å². The van der Waals surface area contributed by atoms with Gasteiger partial charge in [0.1, 0.15) is 10.7 Å². The lowest BCUT2D eigenvalue weighted by Crippen LogP contribution is -2.29. The van der Waals surface area contributed by atoms with Gasteiger partial charge in [0.25, 0.3) is 5.91 Å². The monoisotopic (exact) mass is 513 g/mol. The van der Waals surface area contributed by atoms with E-state index in [-0.39, 0.29) is 18.2 Å². The Labute approximate surface area is 218 Å². The lowest BCUT2D eigenvalue weighted by molar-refractivity contribution is -0.122. The van der Waals surface area contributed by atoms with E-state index in [0.29, 0.717) is 27.9 Å². The molecule has 0 unspecified atom stereocenters. The van der Waals surface area contributed by atoms with Crippen molar-refractivity contribution < 1.29 is 9.90 Å². The zero-order chi connectivity index (χ0) is 25.2. The van der Waals surface area contributed by atoms with Crippen LogP contribution in [0.5, 0.6) is 5.75 Å². The third-order valence-corrected chi connectivity index (χ3v) is 8.19. The zero-order valence-electron chi connectivity index (χ0n) is 19.7. The molecule has 2 heterocycles. The molecule has 0 spiro atoms. The van der Waals surface area contributed by atoms with Crippen LogP contribution in [-0.4, -0.2) is 34.7 Å². The molecule has 0 atom stereocenters. The molecule has 0 aromatic heterocycles. The van der Waals surface area contributed by atoms with Gasteiger partial charge in [-0.05, 0) is 66.7 Å². The summed E-state index contributed by atoms with van der Waals surface area (Å²) in [5.74, 6) is -0.00719. The Kier molecular flexibility index (Phi) is 6.63. The molecule has 0 radical (unpaired) electrons. The number of fused-ring (bicyclic) bond motifs is 1. The average molecular weight is 514 g/mol. The van der Waals surface area contributed by atoms with Gasteiger partial charge >= 0.3 is 0 Å². The van der Waals surface area contributed by atoms with Crippen LogP contribution in [0.4, 0.5) is 17.1 Å². The number of phenolic OH excluding ortho intramolecular Hbond substituents is 1. The van der Waals surface area contributed by atoms with Crippen LogP contribution in [0.2, 0.25) is 0 Å². The molecule has 1 fully saturated rings. The second-order valence-corrected chi connectivity index (χ2v) is 10.2. The summed E-state index contributed by atoms with van der Waals surface area (Å²) in [5.41, 5.74) is 3.71. The third-order valence-electron chi connectivity index (χ3n) is 5.76. The van der Waals surface area contributed by atoms with Crippen LogP contribution in [0.3, 0.4) is 0 Å². The Hall–Kier alpha value is -3.87. The number of aromatic hydroxyl groups is 1. The number of phenols is 1. The largest absolute Gasteiger partial charge is 0.508 e. The molecule has 0 aliphatic carbocycles. The molecule has 3 aromatic rings. The number of anilines is 2. The number of aliphatic imine (C=N–C) groups is 1. The van der Waals surface area contributed by atoms with Gasteiger partial charge in [0, 0.05) is 18.5 Å². The number of nitrogens with zero attached hydrogens (tertiary/aromatic N) is 4. The minimum absolute atomic E-state index is 0.140. The highest BCUT2D eigenvalue weighted by atomic mass is 32.2. The third kappa shape index (κ3) is 4.53. The highest BCUT2D eigenvalue weighted by Gasteiger charge is 2.39. The summed E-state index contributed by atoms with van der Waals surface area (Å²) in [7, 11) is 1.96.